The van der Waals surface area contributed by atoms with Gasteiger partial charge in [-0.25, -0.2) is 4.98 Å². The quantitative estimate of drug-likeness (QED) is 0.746. The molecule has 3 aromatic rings. The summed E-state index contributed by atoms with van der Waals surface area (Å²) in [7, 11) is 0. The van der Waals surface area contributed by atoms with Gasteiger partial charge in [-0.15, -0.1) is 0 Å². The SMILES string of the molecule is CC(c1ccc2[nH]c(=O)ccc2c1)n1ccnc1. The summed E-state index contributed by atoms with van der Waals surface area (Å²) in [6.45, 7) is 2.12. The Morgan fingerprint density at radius 1 is 1.28 bits per heavy atom. The highest BCUT2D eigenvalue weighted by atomic mass is 16.1. The highest BCUT2D eigenvalue weighted by molar-refractivity contribution is 5.79. The molecule has 2 heterocycles. The first-order chi connectivity index (χ1) is 8.74. The number of pyridine rings is 1. The molecule has 3 rings (SSSR count). The monoisotopic (exact) mass is 239 g/mol. The molecule has 2 aromatic heterocycles. The molecule has 4 nitrogen and oxygen atoms in total. The molecule has 0 fully saturated rings. The van der Waals surface area contributed by atoms with Crippen molar-refractivity contribution in [3.63, 3.8) is 0 Å². The van der Waals surface area contributed by atoms with Gasteiger partial charge in [-0.1, -0.05) is 6.07 Å². The van der Waals surface area contributed by atoms with Crippen LogP contribution in [0.1, 0.15) is 18.5 Å². The molecule has 1 N–H and O–H groups in total. The third-order valence-corrected chi connectivity index (χ3v) is 3.20. The minimum Gasteiger partial charge on any atom is -0.330 e. The zero-order valence-corrected chi connectivity index (χ0v) is 10.00. The van der Waals surface area contributed by atoms with Crippen LogP contribution in [0, 0.1) is 0 Å². The van der Waals surface area contributed by atoms with Gasteiger partial charge in [0.05, 0.1) is 12.4 Å². The summed E-state index contributed by atoms with van der Waals surface area (Å²) in [4.78, 5) is 18.1. The van der Waals surface area contributed by atoms with Gasteiger partial charge in [0, 0.05) is 24.0 Å². The Morgan fingerprint density at radius 3 is 2.94 bits per heavy atom. The Labute approximate surface area is 104 Å². The zero-order chi connectivity index (χ0) is 12.5. The summed E-state index contributed by atoms with van der Waals surface area (Å²) >= 11 is 0. The molecule has 90 valence electrons. The number of aromatic amines is 1. The van der Waals surface area contributed by atoms with Gasteiger partial charge in [-0.2, -0.15) is 0 Å². The summed E-state index contributed by atoms with van der Waals surface area (Å²) < 4.78 is 2.05. The molecule has 0 bridgehead atoms. The van der Waals surface area contributed by atoms with E-state index in [1.807, 2.05) is 35.3 Å². The lowest BCUT2D eigenvalue weighted by Crippen LogP contribution is -2.06. The lowest BCUT2D eigenvalue weighted by Gasteiger charge is -2.14. The van der Waals surface area contributed by atoms with Crippen molar-refractivity contribution in [3.8, 4) is 0 Å². The molecule has 0 aliphatic carbocycles. The Bertz CT molecular complexity index is 728. The van der Waals surface area contributed by atoms with Crippen molar-refractivity contribution in [1.29, 1.82) is 0 Å². The van der Waals surface area contributed by atoms with E-state index in [1.54, 1.807) is 12.3 Å². The third kappa shape index (κ3) is 1.82. The molecule has 0 saturated carbocycles. The fraction of sp³-hybridized carbons (Fsp3) is 0.143. The van der Waals surface area contributed by atoms with E-state index in [9.17, 15) is 4.79 Å². The number of benzene rings is 1. The van der Waals surface area contributed by atoms with Gasteiger partial charge < -0.3 is 9.55 Å². The number of H-pyrrole nitrogens is 1. The van der Waals surface area contributed by atoms with Crippen molar-refractivity contribution >= 4 is 10.9 Å². The van der Waals surface area contributed by atoms with E-state index in [0.717, 1.165) is 10.9 Å². The molecule has 0 aliphatic rings. The molecule has 1 unspecified atom stereocenters. The molecule has 1 atom stereocenters. The van der Waals surface area contributed by atoms with Gasteiger partial charge in [-0.3, -0.25) is 4.79 Å². The van der Waals surface area contributed by atoms with Crippen LogP contribution in [0.25, 0.3) is 10.9 Å². The minimum atomic E-state index is -0.0714. The topological polar surface area (TPSA) is 50.7 Å². The normalized spacial score (nSPS) is 12.7. The molecular formula is C14H13N3O. The van der Waals surface area contributed by atoms with Crippen LogP contribution in [0.2, 0.25) is 0 Å². The highest BCUT2D eigenvalue weighted by Crippen LogP contribution is 2.21. The standard InChI is InChI=1S/C14H13N3O/c1-10(17-7-6-15-9-17)11-2-4-13-12(8-11)3-5-14(18)16-13/h2-10H,1H3,(H,16,18). The summed E-state index contributed by atoms with van der Waals surface area (Å²) in [5, 5.41) is 1.04. The van der Waals surface area contributed by atoms with Crippen molar-refractivity contribution in [2.24, 2.45) is 0 Å². The molecule has 0 amide bonds. The minimum absolute atomic E-state index is 0.0714. The zero-order valence-electron chi connectivity index (χ0n) is 10.00. The Morgan fingerprint density at radius 2 is 2.17 bits per heavy atom. The molecule has 1 aromatic carbocycles. The second kappa shape index (κ2) is 4.14. The Hall–Kier alpha value is -2.36. The maximum absolute atomic E-state index is 11.2. The van der Waals surface area contributed by atoms with Crippen LogP contribution in [-0.2, 0) is 0 Å². The van der Waals surface area contributed by atoms with E-state index in [2.05, 4.69) is 23.0 Å². The van der Waals surface area contributed by atoms with Gasteiger partial charge in [0.25, 0.3) is 0 Å². The Balaban J connectivity index is 2.08. The molecule has 0 aliphatic heterocycles. The molecule has 18 heavy (non-hydrogen) atoms. The fourth-order valence-electron chi connectivity index (χ4n) is 2.10. The molecule has 0 spiro atoms. The van der Waals surface area contributed by atoms with Crippen LogP contribution in [-0.4, -0.2) is 14.5 Å². The number of nitrogens with one attached hydrogen (secondary N) is 1. The average molecular weight is 239 g/mol. The predicted octanol–water partition coefficient (Wildman–Crippen LogP) is 2.33. The number of aromatic nitrogens is 3. The number of fused-ring (bicyclic) bond motifs is 1. The first-order valence-electron chi connectivity index (χ1n) is 5.84. The number of hydrogen-bond donors (Lipinski definition) is 1. The van der Waals surface area contributed by atoms with E-state index >= 15 is 0 Å². The lowest BCUT2D eigenvalue weighted by molar-refractivity contribution is 0.639. The number of hydrogen-bond acceptors (Lipinski definition) is 2. The van der Waals surface area contributed by atoms with Crippen molar-refractivity contribution in [3.05, 3.63) is 65.0 Å². The third-order valence-electron chi connectivity index (χ3n) is 3.20. The first-order valence-corrected chi connectivity index (χ1v) is 5.84. The highest BCUT2D eigenvalue weighted by Gasteiger charge is 2.07. The van der Waals surface area contributed by atoms with Crippen molar-refractivity contribution in [1.82, 2.24) is 14.5 Å². The van der Waals surface area contributed by atoms with Gasteiger partial charge in [0.1, 0.15) is 0 Å². The number of rotatable bonds is 2. The number of imidazole rings is 1. The molecule has 0 saturated heterocycles. The van der Waals surface area contributed by atoms with Crippen LogP contribution >= 0.6 is 0 Å². The van der Waals surface area contributed by atoms with Crippen molar-refractivity contribution in [2.75, 3.05) is 0 Å². The molecule has 4 heteroatoms. The average Bonchev–Trinajstić information content (AvgIpc) is 2.91. The smallest absolute Gasteiger partial charge is 0.248 e. The lowest BCUT2D eigenvalue weighted by atomic mass is 10.1. The number of nitrogens with zero attached hydrogens (tertiary/aromatic N) is 2. The van der Waals surface area contributed by atoms with E-state index in [1.165, 1.54) is 5.56 Å². The van der Waals surface area contributed by atoms with Crippen LogP contribution in [0.5, 0.6) is 0 Å². The molecular weight excluding hydrogens is 226 g/mol. The largest absolute Gasteiger partial charge is 0.330 e. The van der Waals surface area contributed by atoms with Gasteiger partial charge in [0.15, 0.2) is 0 Å². The van der Waals surface area contributed by atoms with E-state index in [-0.39, 0.29) is 11.6 Å². The predicted molar refractivity (Wildman–Crippen MR) is 70.6 cm³/mol. The maximum Gasteiger partial charge on any atom is 0.248 e. The van der Waals surface area contributed by atoms with Crippen LogP contribution in [0.3, 0.4) is 0 Å². The van der Waals surface area contributed by atoms with Gasteiger partial charge >= 0.3 is 0 Å². The van der Waals surface area contributed by atoms with E-state index in [4.69, 9.17) is 0 Å². The van der Waals surface area contributed by atoms with Gasteiger partial charge in [-0.05, 0) is 36.1 Å². The summed E-state index contributed by atoms with van der Waals surface area (Å²) in [6, 6.07) is 9.69. The summed E-state index contributed by atoms with van der Waals surface area (Å²) in [5.74, 6) is 0. The Kier molecular flexibility index (Phi) is 2.48. The first kappa shape index (κ1) is 10.8. The van der Waals surface area contributed by atoms with Crippen molar-refractivity contribution < 1.29 is 0 Å². The van der Waals surface area contributed by atoms with Crippen LogP contribution in [0.15, 0.2) is 53.8 Å². The van der Waals surface area contributed by atoms with Crippen molar-refractivity contribution in [2.45, 2.75) is 13.0 Å². The summed E-state index contributed by atoms with van der Waals surface area (Å²) in [6.07, 6.45) is 5.53. The van der Waals surface area contributed by atoms with E-state index < -0.39 is 0 Å². The second-order valence-corrected chi connectivity index (χ2v) is 4.36. The second-order valence-electron chi connectivity index (χ2n) is 4.36. The van der Waals surface area contributed by atoms with E-state index in [0.29, 0.717) is 0 Å². The van der Waals surface area contributed by atoms with Crippen LogP contribution in [0.4, 0.5) is 0 Å². The molecule has 0 radical (unpaired) electrons. The summed E-state index contributed by atoms with van der Waals surface area (Å²) in [5.41, 5.74) is 1.98. The van der Waals surface area contributed by atoms with Crippen LogP contribution < -0.4 is 5.56 Å². The maximum atomic E-state index is 11.2. The van der Waals surface area contributed by atoms with Gasteiger partial charge in [0.2, 0.25) is 5.56 Å². The fourth-order valence-corrected chi connectivity index (χ4v) is 2.10.